The number of aliphatic imine (C=N–C) groups is 1. The first-order valence-electron chi connectivity index (χ1n) is 13.6. The topological polar surface area (TPSA) is 61.9 Å². The number of guanidine groups is 1. The molecule has 3 rings (SSSR count). The molecule has 1 saturated carbocycles. The van der Waals surface area contributed by atoms with Crippen LogP contribution in [0.25, 0.3) is 0 Å². The van der Waals surface area contributed by atoms with Crippen molar-refractivity contribution < 1.29 is 4.79 Å². The average Bonchev–Trinajstić information content (AvgIpc) is 3.02. The molecule has 2 atom stereocenters. The first-order valence-corrected chi connectivity index (χ1v) is 13.6. The standard InChI is InChI=1S/C27H48N4O/c1-4-6-18-31(19-7-5-2)24-15-11-14-23(20-24)21-27(25(32)30(3)26(28)29-27)17-16-22-12-9-8-10-13-22/h20,22,24H,4-19,21H2,1-3H3,(H2,28,29)/t24?,27-/m1/s1. The number of carbonyl (C=O) groups is 1. The molecule has 0 aromatic carbocycles. The van der Waals surface area contributed by atoms with Crippen LogP contribution in [0.3, 0.4) is 0 Å². The van der Waals surface area contributed by atoms with E-state index in [0.717, 1.165) is 31.6 Å². The van der Waals surface area contributed by atoms with Gasteiger partial charge in [0.15, 0.2) is 5.96 Å². The van der Waals surface area contributed by atoms with Crippen molar-refractivity contribution >= 4 is 11.9 Å². The molecule has 0 aromatic rings. The molecule has 0 radical (unpaired) electrons. The molecule has 0 spiro atoms. The molecule has 182 valence electrons. The smallest absolute Gasteiger partial charge is 0.257 e. The normalized spacial score (nSPS) is 27.2. The zero-order chi connectivity index (χ0) is 23.0. The summed E-state index contributed by atoms with van der Waals surface area (Å²) in [5, 5.41) is 0. The summed E-state index contributed by atoms with van der Waals surface area (Å²) in [5.74, 6) is 1.27. The summed E-state index contributed by atoms with van der Waals surface area (Å²) in [6.45, 7) is 6.93. The maximum Gasteiger partial charge on any atom is 0.257 e. The van der Waals surface area contributed by atoms with Crippen LogP contribution < -0.4 is 5.73 Å². The highest BCUT2D eigenvalue weighted by Crippen LogP contribution is 2.39. The van der Waals surface area contributed by atoms with Gasteiger partial charge in [-0.2, -0.15) is 0 Å². The fraction of sp³-hybridized carbons (Fsp3) is 0.852. The fourth-order valence-electron chi connectivity index (χ4n) is 6.00. The first kappa shape index (κ1) is 25.3. The molecule has 1 aliphatic heterocycles. The number of nitrogens with two attached hydrogens (primary N) is 1. The van der Waals surface area contributed by atoms with Crippen molar-refractivity contribution in [2.45, 2.75) is 122 Å². The molecule has 1 amide bonds. The second-order valence-corrected chi connectivity index (χ2v) is 10.6. The highest BCUT2D eigenvalue weighted by Gasteiger charge is 2.47. The van der Waals surface area contributed by atoms with Crippen molar-refractivity contribution in [3.8, 4) is 0 Å². The Labute approximate surface area is 196 Å². The van der Waals surface area contributed by atoms with Gasteiger partial charge in [-0.25, -0.2) is 4.99 Å². The van der Waals surface area contributed by atoms with Gasteiger partial charge in [-0.15, -0.1) is 0 Å². The summed E-state index contributed by atoms with van der Waals surface area (Å²) < 4.78 is 0. The molecule has 1 heterocycles. The molecule has 5 heteroatoms. The highest BCUT2D eigenvalue weighted by molar-refractivity contribution is 6.06. The Morgan fingerprint density at radius 3 is 2.38 bits per heavy atom. The molecule has 1 unspecified atom stereocenters. The third-order valence-electron chi connectivity index (χ3n) is 8.08. The molecule has 0 saturated heterocycles. The Hall–Kier alpha value is -1.36. The number of carbonyl (C=O) groups excluding carboxylic acids is 1. The zero-order valence-electron chi connectivity index (χ0n) is 21.1. The fourth-order valence-corrected chi connectivity index (χ4v) is 6.00. The van der Waals surface area contributed by atoms with Crippen LogP contribution in [-0.2, 0) is 4.79 Å². The van der Waals surface area contributed by atoms with Crippen LogP contribution in [0.1, 0.15) is 110 Å². The molecule has 0 aromatic heterocycles. The lowest BCUT2D eigenvalue weighted by Gasteiger charge is -2.35. The van der Waals surface area contributed by atoms with Gasteiger partial charge >= 0.3 is 0 Å². The van der Waals surface area contributed by atoms with Gasteiger partial charge in [-0.1, -0.05) is 70.4 Å². The van der Waals surface area contributed by atoms with Gasteiger partial charge in [0, 0.05) is 19.5 Å². The second-order valence-electron chi connectivity index (χ2n) is 10.6. The van der Waals surface area contributed by atoms with Gasteiger partial charge in [-0.3, -0.25) is 14.6 Å². The molecular formula is C27H48N4O. The van der Waals surface area contributed by atoms with Crippen molar-refractivity contribution in [1.29, 1.82) is 0 Å². The molecule has 32 heavy (non-hydrogen) atoms. The number of amides is 1. The van der Waals surface area contributed by atoms with Gasteiger partial charge < -0.3 is 5.73 Å². The van der Waals surface area contributed by atoms with E-state index in [1.165, 1.54) is 89.3 Å². The van der Waals surface area contributed by atoms with E-state index in [-0.39, 0.29) is 5.91 Å². The third kappa shape index (κ3) is 6.36. The quantitative estimate of drug-likeness (QED) is 0.396. The predicted octanol–water partition coefficient (Wildman–Crippen LogP) is 5.64. The average molecular weight is 445 g/mol. The lowest BCUT2D eigenvalue weighted by Crippen LogP contribution is -2.43. The summed E-state index contributed by atoms with van der Waals surface area (Å²) >= 11 is 0. The van der Waals surface area contributed by atoms with Gasteiger partial charge in [-0.05, 0) is 64.0 Å². The van der Waals surface area contributed by atoms with Crippen LogP contribution in [0.2, 0.25) is 0 Å². The van der Waals surface area contributed by atoms with Crippen LogP contribution in [-0.4, -0.2) is 53.4 Å². The number of unbranched alkanes of at least 4 members (excludes halogenated alkanes) is 2. The summed E-state index contributed by atoms with van der Waals surface area (Å²) in [5.41, 5.74) is 6.94. The largest absolute Gasteiger partial charge is 0.369 e. The highest BCUT2D eigenvalue weighted by atomic mass is 16.2. The van der Waals surface area contributed by atoms with E-state index < -0.39 is 5.54 Å². The van der Waals surface area contributed by atoms with E-state index in [2.05, 4.69) is 24.8 Å². The Balaban J connectivity index is 1.74. The van der Waals surface area contributed by atoms with Gasteiger partial charge in [0.1, 0.15) is 5.54 Å². The van der Waals surface area contributed by atoms with Crippen LogP contribution >= 0.6 is 0 Å². The van der Waals surface area contributed by atoms with Crippen molar-refractivity contribution in [2.24, 2.45) is 16.6 Å². The van der Waals surface area contributed by atoms with Crippen LogP contribution in [0.4, 0.5) is 0 Å². The molecule has 3 aliphatic rings. The molecule has 5 nitrogen and oxygen atoms in total. The van der Waals surface area contributed by atoms with Gasteiger partial charge in [0.05, 0.1) is 0 Å². The summed E-state index contributed by atoms with van der Waals surface area (Å²) in [6, 6.07) is 0.516. The van der Waals surface area contributed by atoms with Crippen LogP contribution in [0.5, 0.6) is 0 Å². The van der Waals surface area contributed by atoms with Crippen LogP contribution in [0.15, 0.2) is 16.6 Å². The number of rotatable bonds is 12. The summed E-state index contributed by atoms with van der Waals surface area (Å²) in [6.07, 6.45) is 20.5. The zero-order valence-corrected chi connectivity index (χ0v) is 21.1. The number of nitrogens with zero attached hydrogens (tertiary/aromatic N) is 3. The number of likely N-dealkylation sites (N-methyl/N-ethyl adjacent to an activating group) is 1. The molecule has 2 N–H and O–H groups in total. The van der Waals surface area contributed by atoms with Crippen molar-refractivity contribution in [2.75, 3.05) is 20.1 Å². The predicted molar refractivity (Wildman–Crippen MR) is 135 cm³/mol. The van der Waals surface area contributed by atoms with Crippen molar-refractivity contribution in [3.63, 3.8) is 0 Å². The lowest BCUT2D eigenvalue weighted by molar-refractivity contribution is -0.130. The maximum atomic E-state index is 13.4. The SMILES string of the molecule is CCCCN(CCCC)C1C=C(C[C@@]2(CCC3CCCCC3)N=C(N)N(C)C2=O)CCC1. The Kier molecular flexibility index (Phi) is 9.63. The summed E-state index contributed by atoms with van der Waals surface area (Å²) in [7, 11) is 1.79. The number of hydrogen-bond acceptors (Lipinski definition) is 4. The molecule has 0 bridgehead atoms. The van der Waals surface area contributed by atoms with Gasteiger partial charge in [0.25, 0.3) is 5.91 Å². The minimum absolute atomic E-state index is 0.114. The van der Waals surface area contributed by atoms with Gasteiger partial charge in [0.2, 0.25) is 0 Å². The van der Waals surface area contributed by atoms with E-state index >= 15 is 0 Å². The number of hydrogen-bond donors (Lipinski definition) is 1. The Bertz CT molecular complexity index is 659. The Morgan fingerprint density at radius 1 is 1.09 bits per heavy atom. The van der Waals surface area contributed by atoms with Crippen LogP contribution in [0, 0.1) is 5.92 Å². The van der Waals surface area contributed by atoms with E-state index in [1.807, 2.05) is 0 Å². The lowest BCUT2D eigenvalue weighted by atomic mass is 9.78. The van der Waals surface area contributed by atoms with E-state index in [9.17, 15) is 4.79 Å². The van der Waals surface area contributed by atoms with E-state index in [1.54, 1.807) is 11.9 Å². The van der Waals surface area contributed by atoms with Crippen molar-refractivity contribution in [3.05, 3.63) is 11.6 Å². The molecular weight excluding hydrogens is 396 g/mol. The minimum Gasteiger partial charge on any atom is -0.369 e. The third-order valence-corrected chi connectivity index (χ3v) is 8.08. The first-order chi connectivity index (χ1) is 15.5. The minimum atomic E-state index is -0.665. The maximum absolute atomic E-state index is 13.4. The van der Waals surface area contributed by atoms with E-state index in [0.29, 0.717) is 12.0 Å². The molecule has 2 aliphatic carbocycles. The monoisotopic (exact) mass is 444 g/mol. The van der Waals surface area contributed by atoms with Crippen molar-refractivity contribution in [1.82, 2.24) is 9.80 Å². The second kappa shape index (κ2) is 12.2. The van der Waals surface area contributed by atoms with E-state index in [4.69, 9.17) is 10.7 Å². The Morgan fingerprint density at radius 2 is 1.78 bits per heavy atom. The summed E-state index contributed by atoms with van der Waals surface area (Å²) in [4.78, 5) is 22.5. The molecule has 1 fully saturated rings.